The summed E-state index contributed by atoms with van der Waals surface area (Å²) in [5, 5.41) is 1.83. The van der Waals surface area contributed by atoms with Gasteiger partial charge < -0.3 is 4.74 Å². The maximum absolute atomic E-state index is 12.7. The Labute approximate surface area is 185 Å². The number of halogens is 2. The van der Waals surface area contributed by atoms with Crippen LogP contribution in [0.1, 0.15) is 16.1 Å². The van der Waals surface area contributed by atoms with Gasteiger partial charge in [-0.15, -0.1) is 11.3 Å². The molecule has 3 heterocycles. The molecule has 0 fully saturated rings. The standard InChI is InChI=1S/C20H16Cl2N4O3S/c1-9-4-5-12-13(21)6-14(22)18(17(12)24-9)29-7-15(27)25-26-8-23-19-16(20(26)28)10(2)11(3)30-19/h4-6,8H,7H2,1-3H3,(H,25,27). The van der Waals surface area contributed by atoms with E-state index in [0.717, 1.165) is 20.8 Å². The first-order valence-electron chi connectivity index (χ1n) is 8.91. The van der Waals surface area contributed by atoms with Crippen LogP contribution in [0, 0.1) is 20.8 Å². The SMILES string of the molecule is Cc1ccc2c(Cl)cc(Cl)c(OCC(=O)Nn3cnc4sc(C)c(C)c4c3=O)c2n1. The van der Waals surface area contributed by atoms with E-state index in [1.54, 1.807) is 6.07 Å². The molecule has 0 atom stereocenters. The monoisotopic (exact) mass is 462 g/mol. The molecule has 0 aliphatic rings. The first-order chi connectivity index (χ1) is 14.3. The lowest BCUT2D eigenvalue weighted by atomic mass is 10.2. The highest BCUT2D eigenvalue weighted by Crippen LogP contribution is 2.37. The number of aromatic nitrogens is 3. The van der Waals surface area contributed by atoms with Crippen LogP contribution in [0.4, 0.5) is 0 Å². The van der Waals surface area contributed by atoms with Crippen LogP contribution in [-0.2, 0) is 4.79 Å². The van der Waals surface area contributed by atoms with Gasteiger partial charge in [0.05, 0.1) is 15.4 Å². The topological polar surface area (TPSA) is 86.1 Å². The summed E-state index contributed by atoms with van der Waals surface area (Å²) in [6, 6.07) is 5.18. The lowest BCUT2D eigenvalue weighted by Gasteiger charge is -2.13. The summed E-state index contributed by atoms with van der Waals surface area (Å²) in [6.45, 7) is 5.23. The zero-order chi connectivity index (χ0) is 21.6. The van der Waals surface area contributed by atoms with Crippen molar-refractivity contribution in [2.45, 2.75) is 20.8 Å². The van der Waals surface area contributed by atoms with Crippen molar-refractivity contribution < 1.29 is 9.53 Å². The quantitative estimate of drug-likeness (QED) is 0.485. The van der Waals surface area contributed by atoms with Crippen LogP contribution in [0.3, 0.4) is 0 Å². The Kier molecular flexibility index (Phi) is 5.40. The lowest BCUT2D eigenvalue weighted by molar-refractivity contribution is -0.119. The molecule has 0 aliphatic carbocycles. The number of thiophene rings is 1. The number of nitrogens with one attached hydrogen (secondary N) is 1. The average Bonchev–Trinajstić information content (AvgIpc) is 2.98. The first kappa shape index (κ1) is 20.6. The number of carbonyl (C=O) groups is 1. The molecule has 0 bridgehead atoms. The molecular weight excluding hydrogens is 447 g/mol. The van der Waals surface area contributed by atoms with Gasteiger partial charge in [-0.05, 0) is 44.5 Å². The van der Waals surface area contributed by atoms with Crippen LogP contribution in [0.25, 0.3) is 21.1 Å². The predicted octanol–water partition coefficient (Wildman–Crippen LogP) is 4.39. The molecule has 0 saturated carbocycles. The molecule has 30 heavy (non-hydrogen) atoms. The maximum atomic E-state index is 12.7. The summed E-state index contributed by atoms with van der Waals surface area (Å²) in [5.74, 6) is -0.296. The van der Waals surface area contributed by atoms with Crippen LogP contribution >= 0.6 is 34.5 Å². The van der Waals surface area contributed by atoms with Crippen molar-refractivity contribution in [3.63, 3.8) is 0 Å². The molecule has 0 spiro atoms. The van der Waals surface area contributed by atoms with Crippen molar-refractivity contribution in [2.24, 2.45) is 0 Å². The largest absolute Gasteiger partial charge is 0.480 e. The smallest absolute Gasteiger partial charge is 0.281 e. The molecular formula is C20H16Cl2N4O3S. The van der Waals surface area contributed by atoms with Crippen molar-refractivity contribution in [3.05, 3.63) is 61.1 Å². The van der Waals surface area contributed by atoms with E-state index in [4.69, 9.17) is 27.9 Å². The van der Waals surface area contributed by atoms with Gasteiger partial charge in [0.25, 0.3) is 11.5 Å². The summed E-state index contributed by atoms with van der Waals surface area (Å²) >= 11 is 13.9. The van der Waals surface area contributed by atoms with Gasteiger partial charge in [-0.3, -0.25) is 15.0 Å². The number of pyridine rings is 1. The van der Waals surface area contributed by atoms with E-state index >= 15 is 0 Å². The predicted molar refractivity (Wildman–Crippen MR) is 120 cm³/mol. The minimum absolute atomic E-state index is 0.239. The second-order valence-electron chi connectivity index (χ2n) is 6.72. The second kappa shape index (κ2) is 7.86. The Hall–Kier alpha value is -2.68. The summed E-state index contributed by atoms with van der Waals surface area (Å²) < 4.78 is 6.70. The highest BCUT2D eigenvalue weighted by molar-refractivity contribution is 7.18. The average molecular weight is 463 g/mol. The van der Waals surface area contributed by atoms with E-state index in [1.165, 1.54) is 17.7 Å². The third-order valence-electron chi connectivity index (χ3n) is 4.66. The number of ether oxygens (including phenoxy) is 1. The number of amides is 1. The lowest BCUT2D eigenvalue weighted by Crippen LogP contribution is -2.35. The van der Waals surface area contributed by atoms with Crippen LogP contribution in [-0.4, -0.2) is 27.2 Å². The fourth-order valence-electron chi connectivity index (χ4n) is 3.05. The Bertz CT molecular complexity index is 1380. The minimum atomic E-state index is -0.547. The Morgan fingerprint density at radius 1 is 1.23 bits per heavy atom. The number of hydrogen-bond donors (Lipinski definition) is 1. The van der Waals surface area contributed by atoms with Gasteiger partial charge in [0.1, 0.15) is 16.7 Å². The summed E-state index contributed by atoms with van der Waals surface area (Å²) in [7, 11) is 0. The number of nitrogens with zero attached hydrogens (tertiary/aromatic N) is 3. The van der Waals surface area contributed by atoms with Gasteiger partial charge in [0, 0.05) is 16.0 Å². The van der Waals surface area contributed by atoms with Gasteiger partial charge in [0.15, 0.2) is 12.4 Å². The van der Waals surface area contributed by atoms with E-state index in [-0.39, 0.29) is 22.9 Å². The van der Waals surface area contributed by atoms with Crippen LogP contribution in [0.15, 0.2) is 29.3 Å². The van der Waals surface area contributed by atoms with Crippen LogP contribution in [0.2, 0.25) is 10.0 Å². The van der Waals surface area contributed by atoms with E-state index in [1.807, 2.05) is 32.9 Å². The van der Waals surface area contributed by atoms with E-state index < -0.39 is 5.91 Å². The van der Waals surface area contributed by atoms with Crippen molar-refractivity contribution in [2.75, 3.05) is 12.0 Å². The zero-order valence-corrected chi connectivity index (χ0v) is 18.6. The zero-order valence-electron chi connectivity index (χ0n) is 16.2. The van der Waals surface area contributed by atoms with Crippen molar-refractivity contribution >= 4 is 61.6 Å². The van der Waals surface area contributed by atoms with Crippen molar-refractivity contribution in [1.29, 1.82) is 0 Å². The van der Waals surface area contributed by atoms with Gasteiger partial charge >= 0.3 is 0 Å². The fourth-order valence-corrected chi connectivity index (χ4v) is 4.60. The molecule has 1 aromatic carbocycles. The van der Waals surface area contributed by atoms with Crippen molar-refractivity contribution in [1.82, 2.24) is 14.6 Å². The molecule has 3 aromatic heterocycles. The van der Waals surface area contributed by atoms with Crippen molar-refractivity contribution in [3.8, 4) is 5.75 Å². The molecule has 4 rings (SSSR count). The molecule has 0 radical (unpaired) electrons. The molecule has 7 nitrogen and oxygen atoms in total. The number of aryl methyl sites for hydroxylation is 3. The highest BCUT2D eigenvalue weighted by atomic mass is 35.5. The molecule has 1 amide bonds. The summed E-state index contributed by atoms with van der Waals surface area (Å²) in [5.41, 5.74) is 4.22. The summed E-state index contributed by atoms with van der Waals surface area (Å²) in [4.78, 5) is 35.5. The van der Waals surface area contributed by atoms with Crippen LogP contribution < -0.4 is 15.7 Å². The van der Waals surface area contributed by atoms with E-state index in [9.17, 15) is 9.59 Å². The number of fused-ring (bicyclic) bond motifs is 2. The third kappa shape index (κ3) is 3.62. The van der Waals surface area contributed by atoms with Gasteiger partial charge in [-0.2, -0.15) is 0 Å². The molecule has 0 unspecified atom stereocenters. The second-order valence-corrected chi connectivity index (χ2v) is 8.74. The highest BCUT2D eigenvalue weighted by Gasteiger charge is 2.16. The fraction of sp³-hybridized carbons (Fsp3) is 0.200. The molecule has 1 N–H and O–H groups in total. The maximum Gasteiger partial charge on any atom is 0.281 e. The van der Waals surface area contributed by atoms with Gasteiger partial charge in [-0.1, -0.05) is 23.2 Å². The Balaban J connectivity index is 1.59. The van der Waals surface area contributed by atoms with E-state index in [2.05, 4.69) is 15.4 Å². The van der Waals surface area contributed by atoms with Gasteiger partial charge in [0.2, 0.25) is 0 Å². The minimum Gasteiger partial charge on any atom is -0.480 e. The Morgan fingerprint density at radius 2 is 2.00 bits per heavy atom. The third-order valence-corrected chi connectivity index (χ3v) is 6.37. The number of benzene rings is 1. The molecule has 0 saturated heterocycles. The normalized spacial score (nSPS) is 11.2. The molecule has 154 valence electrons. The number of hydrogen-bond acceptors (Lipinski definition) is 6. The number of carbonyl (C=O) groups excluding carboxylic acids is 1. The van der Waals surface area contributed by atoms with Crippen LogP contribution in [0.5, 0.6) is 5.75 Å². The van der Waals surface area contributed by atoms with Gasteiger partial charge in [-0.25, -0.2) is 14.6 Å². The first-order valence-corrected chi connectivity index (χ1v) is 10.5. The molecule has 0 aliphatic heterocycles. The summed E-state index contributed by atoms with van der Waals surface area (Å²) in [6.07, 6.45) is 1.29. The number of rotatable bonds is 4. The molecule has 10 heteroatoms. The van der Waals surface area contributed by atoms with E-state index in [0.29, 0.717) is 26.1 Å². The molecule has 4 aromatic rings. The Morgan fingerprint density at radius 3 is 2.77 bits per heavy atom.